The molecule has 24 heavy (non-hydrogen) atoms. The van der Waals surface area contributed by atoms with Crippen LogP contribution < -0.4 is 10.6 Å². The number of anilines is 2. The van der Waals surface area contributed by atoms with E-state index in [0.717, 1.165) is 26.9 Å². The fourth-order valence-corrected chi connectivity index (χ4v) is 3.09. The Bertz CT molecular complexity index is 870. The number of hydrogen-bond acceptors (Lipinski definition) is 5. The molecule has 0 aliphatic rings. The van der Waals surface area contributed by atoms with Gasteiger partial charge >= 0.3 is 0 Å². The van der Waals surface area contributed by atoms with Crippen LogP contribution in [0.4, 0.5) is 11.5 Å². The number of amides is 1. The fourth-order valence-electron chi connectivity index (χ4n) is 2.17. The van der Waals surface area contributed by atoms with Crippen LogP contribution in [-0.2, 0) is 4.79 Å². The van der Waals surface area contributed by atoms with Crippen molar-refractivity contribution in [2.45, 2.75) is 5.16 Å². The molecule has 7 heteroatoms. The first-order valence-electron chi connectivity index (χ1n) is 7.28. The predicted octanol–water partition coefficient (Wildman–Crippen LogP) is 4.16. The molecule has 0 bridgehead atoms. The Hall–Kier alpha value is -2.12. The average Bonchev–Trinajstić information content (AvgIpc) is 2.61. The van der Waals surface area contributed by atoms with E-state index >= 15 is 0 Å². The normalized spacial score (nSPS) is 10.6. The molecule has 0 saturated carbocycles. The first kappa shape index (κ1) is 16.7. The van der Waals surface area contributed by atoms with Crippen molar-refractivity contribution in [3.05, 3.63) is 53.0 Å². The molecule has 0 fully saturated rings. The molecular formula is C17H15BrN4OS. The number of nitrogens with one attached hydrogen (secondary N) is 2. The van der Waals surface area contributed by atoms with Crippen molar-refractivity contribution in [2.24, 2.45) is 0 Å². The molecule has 1 aromatic heterocycles. The van der Waals surface area contributed by atoms with Crippen molar-refractivity contribution in [1.29, 1.82) is 0 Å². The van der Waals surface area contributed by atoms with Gasteiger partial charge in [-0.3, -0.25) is 4.79 Å². The molecule has 0 aliphatic heterocycles. The summed E-state index contributed by atoms with van der Waals surface area (Å²) in [6, 6.07) is 15.2. The SMILES string of the molecule is CNc1nc(SCC(=O)Nc2ccc(Br)cc2)nc2ccccc12. The molecule has 1 amide bonds. The molecule has 3 aromatic rings. The van der Waals surface area contributed by atoms with Gasteiger partial charge in [-0.25, -0.2) is 9.97 Å². The predicted molar refractivity (Wildman–Crippen MR) is 103 cm³/mol. The summed E-state index contributed by atoms with van der Waals surface area (Å²) in [6.07, 6.45) is 0. The van der Waals surface area contributed by atoms with Gasteiger partial charge in [-0.2, -0.15) is 0 Å². The second-order valence-corrected chi connectivity index (χ2v) is 6.82. The van der Waals surface area contributed by atoms with Crippen LogP contribution >= 0.6 is 27.7 Å². The van der Waals surface area contributed by atoms with E-state index in [1.807, 2.05) is 55.6 Å². The maximum absolute atomic E-state index is 12.1. The maximum Gasteiger partial charge on any atom is 0.234 e. The number of carbonyl (C=O) groups excluding carboxylic acids is 1. The second-order valence-electron chi connectivity index (χ2n) is 4.97. The lowest BCUT2D eigenvalue weighted by atomic mass is 10.2. The number of thioether (sulfide) groups is 1. The zero-order valence-electron chi connectivity index (χ0n) is 12.9. The zero-order valence-corrected chi connectivity index (χ0v) is 15.3. The van der Waals surface area contributed by atoms with E-state index in [1.54, 1.807) is 0 Å². The molecule has 122 valence electrons. The highest BCUT2D eigenvalue weighted by atomic mass is 79.9. The number of hydrogen-bond donors (Lipinski definition) is 2. The Balaban J connectivity index is 1.68. The van der Waals surface area contributed by atoms with Crippen molar-refractivity contribution in [3.63, 3.8) is 0 Å². The first-order valence-corrected chi connectivity index (χ1v) is 9.06. The Morgan fingerprint density at radius 3 is 2.62 bits per heavy atom. The smallest absolute Gasteiger partial charge is 0.234 e. The number of fused-ring (bicyclic) bond motifs is 1. The lowest BCUT2D eigenvalue weighted by molar-refractivity contribution is -0.113. The number of rotatable bonds is 5. The fraction of sp³-hybridized carbons (Fsp3) is 0.118. The number of aromatic nitrogens is 2. The van der Waals surface area contributed by atoms with E-state index in [-0.39, 0.29) is 11.7 Å². The lowest BCUT2D eigenvalue weighted by Crippen LogP contribution is -2.14. The third-order valence-corrected chi connectivity index (χ3v) is 4.66. The van der Waals surface area contributed by atoms with Gasteiger partial charge in [0.15, 0.2) is 5.16 Å². The molecule has 0 spiro atoms. The van der Waals surface area contributed by atoms with Crippen LogP contribution in [0.1, 0.15) is 0 Å². The Kier molecular flexibility index (Phi) is 5.32. The Morgan fingerprint density at radius 1 is 1.12 bits per heavy atom. The number of para-hydroxylation sites is 1. The van der Waals surface area contributed by atoms with Gasteiger partial charge in [-0.15, -0.1) is 0 Å². The van der Waals surface area contributed by atoms with Crippen molar-refractivity contribution < 1.29 is 4.79 Å². The van der Waals surface area contributed by atoms with Crippen molar-refractivity contribution in [3.8, 4) is 0 Å². The van der Waals surface area contributed by atoms with Crippen molar-refractivity contribution >= 4 is 56.0 Å². The van der Waals surface area contributed by atoms with Gasteiger partial charge in [-0.05, 0) is 36.4 Å². The van der Waals surface area contributed by atoms with Crippen LogP contribution in [0.5, 0.6) is 0 Å². The third-order valence-electron chi connectivity index (χ3n) is 3.28. The Morgan fingerprint density at radius 2 is 1.88 bits per heavy atom. The van der Waals surface area contributed by atoms with E-state index in [2.05, 4.69) is 36.5 Å². The monoisotopic (exact) mass is 402 g/mol. The average molecular weight is 403 g/mol. The summed E-state index contributed by atoms with van der Waals surface area (Å²) < 4.78 is 0.971. The van der Waals surface area contributed by atoms with E-state index in [1.165, 1.54) is 11.8 Å². The molecule has 5 nitrogen and oxygen atoms in total. The van der Waals surface area contributed by atoms with E-state index in [4.69, 9.17) is 0 Å². The molecule has 0 unspecified atom stereocenters. The van der Waals surface area contributed by atoms with Crippen molar-refractivity contribution in [1.82, 2.24) is 9.97 Å². The summed E-state index contributed by atoms with van der Waals surface area (Å²) in [6.45, 7) is 0. The highest BCUT2D eigenvalue weighted by Gasteiger charge is 2.09. The van der Waals surface area contributed by atoms with Gasteiger partial charge in [0.25, 0.3) is 0 Å². The minimum atomic E-state index is -0.0925. The Labute approximate surface area is 152 Å². The number of carbonyl (C=O) groups is 1. The van der Waals surface area contributed by atoms with Gasteiger partial charge in [0.2, 0.25) is 5.91 Å². The van der Waals surface area contributed by atoms with Crippen LogP contribution in [-0.4, -0.2) is 28.7 Å². The standard InChI is InChI=1S/C17H15BrN4OS/c1-19-16-13-4-2-3-5-14(13)21-17(22-16)24-10-15(23)20-12-8-6-11(18)7-9-12/h2-9H,10H2,1H3,(H,20,23)(H,19,21,22). The summed E-state index contributed by atoms with van der Waals surface area (Å²) >= 11 is 4.68. The number of benzene rings is 2. The topological polar surface area (TPSA) is 66.9 Å². The van der Waals surface area contributed by atoms with Gasteiger partial charge in [-0.1, -0.05) is 39.8 Å². The molecule has 0 aliphatic carbocycles. The van der Waals surface area contributed by atoms with E-state index < -0.39 is 0 Å². The summed E-state index contributed by atoms with van der Waals surface area (Å²) in [4.78, 5) is 21.0. The first-order chi connectivity index (χ1) is 11.7. The minimum absolute atomic E-state index is 0.0925. The van der Waals surface area contributed by atoms with Crippen LogP contribution in [0.15, 0.2) is 58.2 Å². The summed E-state index contributed by atoms with van der Waals surface area (Å²) in [7, 11) is 1.82. The molecule has 3 rings (SSSR count). The van der Waals surface area contributed by atoms with Gasteiger partial charge in [0.05, 0.1) is 11.3 Å². The highest BCUT2D eigenvalue weighted by molar-refractivity contribution is 9.10. The molecule has 1 heterocycles. The quantitative estimate of drug-likeness (QED) is 0.495. The van der Waals surface area contributed by atoms with Gasteiger partial charge in [0.1, 0.15) is 5.82 Å². The largest absolute Gasteiger partial charge is 0.372 e. The minimum Gasteiger partial charge on any atom is -0.372 e. The number of nitrogens with zero attached hydrogens (tertiary/aromatic N) is 2. The molecular weight excluding hydrogens is 388 g/mol. The van der Waals surface area contributed by atoms with Crippen LogP contribution in [0, 0.1) is 0 Å². The number of halogens is 1. The maximum atomic E-state index is 12.1. The second kappa shape index (κ2) is 7.63. The highest BCUT2D eigenvalue weighted by Crippen LogP contribution is 2.24. The van der Waals surface area contributed by atoms with Gasteiger partial charge in [0, 0.05) is 22.6 Å². The van der Waals surface area contributed by atoms with Gasteiger partial charge < -0.3 is 10.6 Å². The molecule has 0 atom stereocenters. The summed E-state index contributed by atoms with van der Waals surface area (Å²) in [5.74, 6) is 0.916. The lowest BCUT2D eigenvalue weighted by Gasteiger charge is -2.08. The van der Waals surface area contributed by atoms with Crippen molar-refractivity contribution in [2.75, 3.05) is 23.4 Å². The molecule has 0 saturated heterocycles. The summed E-state index contributed by atoms with van der Waals surface area (Å²) in [5, 5.41) is 7.46. The van der Waals surface area contributed by atoms with Crippen LogP contribution in [0.2, 0.25) is 0 Å². The molecule has 2 N–H and O–H groups in total. The summed E-state index contributed by atoms with van der Waals surface area (Å²) in [5.41, 5.74) is 1.62. The van der Waals surface area contributed by atoms with Crippen LogP contribution in [0.3, 0.4) is 0 Å². The molecule has 0 radical (unpaired) electrons. The van der Waals surface area contributed by atoms with E-state index in [0.29, 0.717) is 5.16 Å². The zero-order chi connectivity index (χ0) is 16.9. The molecule has 2 aromatic carbocycles. The van der Waals surface area contributed by atoms with Crippen LogP contribution in [0.25, 0.3) is 10.9 Å². The van der Waals surface area contributed by atoms with E-state index in [9.17, 15) is 4.79 Å². The third kappa shape index (κ3) is 4.04.